The monoisotopic (exact) mass is 210 g/mol. The van der Waals surface area contributed by atoms with Gasteiger partial charge in [-0.3, -0.25) is 0 Å². The van der Waals surface area contributed by atoms with E-state index >= 15 is 0 Å². The van der Waals surface area contributed by atoms with Crippen LogP contribution in [0.5, 0.6) is 5.88 Å². The molecular weight excluding hydrogens is 192 g/mol. The summed E-state index contributed by atoms with van der Waals surface area (Å²) in [4.78, 5) is 8.08. The molecule has 5 heteroatoms. The highest BCUT2D eigenvalue weighted by Crippen LogP contribution is 2.12. The zero-order chi connectivity index (χ0) is 11.1. The Kier molecular flexibility index (Phi) is 4.83. The topological polar surface area (TPSA) is 73.1 Å². The van der Waals surface area contributed by atoms with Crippen molar-refractivity contribution in [2.24, 2.45) is 5.73 Å². The molecule has 0 radical (unpaired) electrons. The lowest BCUT2D eigenvalue weighted by Crippen LogP contribution is -2.15. The van der Waals surface area contributed by atoms with Crippen LogP contribution in [0.4, 0.5) is 5.82 Å². The number of rotatable bonds is 6. The summed E-state index contributed by atoms with van der Waals surface area (Å²) in [5.74, 6) is 1.34. The second kappa shape index (κ2) is 6.19. The zero-order valence-corrected chi connectivity index (χ0v) is 9.23. The van der Waals surface area contributed by atoms with Crippen molar-refractivity contribution in [1.82, 2.24) is 9.97 Å². The summed E-state index contributed by atoms with van der Waals surface area (Å²) in [6, 6.07) is 2.17. The summed E-state index contributed by atoms with van der Waals surface area (Å²) in [7, 11) is 0. The maximum Gasteiger partial charge on any atom is 0.218 e. The molecule has 1 rings (SSSR count). The molecule has 0 bridgehead atoms. The Hall–Kier alpha value is -1.36. The highest BCUT2D eigenvalue weighted by Gasteiger charge is 2.02. The van der Waals surface area contributed by atoms with Crippen molar-refractivity contribution < 1.29 is 4.74 Å². The van der Waals surface area contributed by atoms with E-state index in [1.165, 1.54) is 6.33 Å². The lowest BCUT2D eigenvalue weighted by Gasteiger charge is -2.12. The van der Waals surface area contributed by atoms with Crippen LogP contribution in [-0.2, 0) is 0 Å². The number of aromatic nitrogens is 2. The number of hydrogen-bond donors (Lipinski definition) is 2. The third-order valence-electron chi connectivity index (χ3n) is 2.02. The highest BCUT2D eigenvalue weighted by atomic mass is 16.5. The van der Waals surface area contributed by atoms with Crippen LogP contribution in [0.15, 0.2) is 12.4 Å². The molecule has 0 saturated heterocycles. The minimum Gasteiger partial charge on any atom is -0.476 e. The summed E-state index contributed by atoms with van der Waals surface area (Å²) < 4.78 is 5.29. The quantitative estimate of drug-likeness (QED) is 0.733. The third kappa shape index (κ3) is 4.12. The molecule has 1 atom stereocenters. The van der Waals surface area contributed by atoms with Crippen molar-refractivity contribution in [3.8, 4) is 5.88 Å². The van der Waals surface area contributed by atoms with Gasteiger partial charge in [0.1, 0.15) is 18.8 Å². The van der Waals surface area contributed by atoms with Gasteiger partial charge >= 0.3 is 0 Å². The van der Waals surface area contributed by atoms with Crippen molar-refractivity contribution in [3.05, 3.63) is 12.4 Å². The van der Waals surface area contributed by atoms with Gasteiger partial charge in [0, 0.05) is 18.7 Å². The van der Waals surface area contributed by atoms with E-state index in [1.807, 2.05) is 0 Å². The summed E-state index contributed by atoms with van der Waals surface area (Å²) in [6.45, 7) is 5.17. The predicted molar refractivity (Wildman–Crippen MR) is 60.0 cm³/mol. The molecule has 15 heavy (non-hydrogen) atoms. The molecule has 3 N–H and O–H groups in total. The lowest BCUT2D eigenvalue weighted by molar-refractivity contribution is 0.315. The Balaban J connectivity index is 2.57. The molecule has 0 aromatic carbocycles. The van der Waals surface area contributed by atoms with E-state index in [9.17, 15) is 0 Å². The van der Waals surface area contributed by atoms with Crippen LogP contribution in [0.25, 0.3) is 0 Å². The molecule has 1 aromatic heterocycles. The maximum absolute atomic E-state index is 5.33. The normalized spacial score (nSPS) is 12.2. The van der Waals surface area contributed by atoms with Crippen molar-refractivity contribution in [2.45, 2.75) is 26.3 Å². The molecular formula is C10H18N4O. The molecule has 0 amide bonds. The minimum atomic E-state index is 0.391. The first-order valence-electron chi connectivity index (χ1n) is 5.17. The van der Waals surface area contributed by atoms with Crippen LogP contribution < -0.4 is 15.8 Å². The van der Waals surface area contributed by atoms with E-state index in [-0.39, 0.29) is 0 Å². The molecule has 0 spiro atoms. The average molecular weight is 210 g/mol. The van der Waals surface area contributed by atoms with Gasteiger partial charge < -0.3 is 15.8 Å². The second-order valence-electron chi connectivity index (χ2n) is 3.33. The van der Waals surface area contributed by atoms with Crippen LogP contribution >= 0.6 is 0 Å². The van der Waals surface area contributed by atoms with Gasteiger partial charge in [-0.15, -0.1) is 0 Å². The molecule has 0 aliphatic carbocycles. The lowest BCUT2D eigenvalue weighted by atomic mass is 10.2. The van der Waals surface area contributed by atoms with E-state index in [0.717, 1.165) is 12.2 Å². The second-order valence-corrected chi connectivity index (χ2v) is 3.33. The number of anilines is 1. The molecule has 0 aliphatic heterocycles. The number of hydrogen-bond acceptors (Lipinski definition) is 5. The standard InChI is InChI=1S/C10H18N4O/c1-3-8(2)14-9-6-10(13-7-12-9)15-5-4-11/h6-8H,3-5,11H2,1-2H3,(H,12,13,14). The van der Waals surface area contributed by atoms with Gasteiger partial charge in [0.15, 0.2) is 0 Å². The van der Waals surface area contributed by atoms with Crippen LogP contribution in [0.3, 0.4) is 0 Å². The maximum atomic E-state index is 5.33. The van der Waals surface area contributed by atoms with Gasteiger partial charge in [-0.25, -0.2) is 9.97 Å². The predicted octanol–water partition coefficient (Wildman–Crippen LogP) is 1.02. The van der Waals surface area contributed by atoms with E-state index in [4.69, 9.17) is 10.5 Å². The van der Waals surface area contributed by atoms with E-state index in [0.29, 0.717) is 25.1 Å². The van der Waals surface area contributed by atoms with Crippen molar-refractivity contribution in [2.75, 3.05) is 18.5 Å². The molecule has 5 nitrogen and oxygen atoms in total. The largest absolute Gasteiger partial charge is 0.476 e. The van der Waals surface area contributed by atoms with Crippen LogP contribution in [0, 0.1) is 0 Å². The van der Waals surface area contributed by atoms with Crippen LogP contribution in [0.2, 0.25) is 0 Å². The summed E-state index contributed by atoms with van der Waals surface area (Å²) >= 11 is 0. The third-order valence-corrected chi connectivity index (χ3v) is 2.02. The molecule has 1 aromatic rings. The fourth-order valence-corrected chi connectivity index (χ4v) is 1.02. The SMILES string of the molecule is CCC(C)Nc1cc(OCCN)ncn1. The van der Waals surface area contributed by atoms with Crippen LogP contribution in [-0.4, -0.2) is 29.2 Å². The number of nitrogens with two attached hydrogens (primary N) is 1. The summed E-state index contributed by atoms with van der Waals surface area (Å²) in [6.07, 6.45) is 2.53. The number of nitrogens with zero attached hydrogens (tertiary/aromatic N) is 2. The number of ether oxygens (including phenoxy) is 1. The van der Waals surface area contributed by atoms with Crippen LogP contribution in [0.1, 0.15) is 20.3 Å². The van der Waals surface area contributed by atoms with Gasteiger partial charge in [-0.2, -0.15) is 0 Å². The summed E-state index contributed by atoms with van der Waals surface area (Å²) in [5, 5.41) is 3.25. The van der Waals surface area contributed by atoms with Gasteiger partial charge in [-0.1, -0.05) is 6.92 Å². The van der Waals surface area contributed by atoms with Gasteiger partial charge in [0.25, 0.3) is 0 Å². The first-order chi connectivity index (χ1) is 7.26. The van der Waals surface area contributed by atoms with Gasteiger partial charge in [0.2, 0.25) is 5.88 Å². The highest BCUT2D eigenvalue weighted by molar-refractivity contribution is 5.37. The Morgan fingerprint density at radius 2 is 2.33 bits per heavy atom. The van der Waals surface area contributed by atoms with Gasteiger partial charge in [0.05, 0.1) is 0 Å². The molecule has 0 fully saturated rings. The molecule has 84 valence electrons. The zero-order valence-electron chi connectivity index (χ0n) is 9.23. The molecule has 0 aliphatic rings. The van der Waals surface area contributed by atoms with Crippen molar-refractivity contribution in [3.63, 3.8) is 0 Å². The molecule has 1 heterocycles. The smallest absolute Gasteiger partial charge is 0.218 e. The number of nitrogens with one attached hydrogen (secondary N) is 1. The molecule has 1 unspecified atom stereocenters. The van der Waals surface area contributed by atoms with E-state index in [2.05, 4.69) is 29.1 Å². The average Bonchev–Trinajstić information content (AvgIpc) is 2.26. The molecule has 0 saturated carbocycles. The summed E-state index contributed by atoms with van der Waals surface area (Å²) in [5.41, 5.74) is 5.33. The first-order valence-corrected chi connectivity index (χ1v) is 5.17. The fourth-order valence-electron chi connectivity index (χ4n) is 1.02. The minimum absolute atomic E-state index is 0.391. The fraction of sp³-hybridized carbons (Fsp3) is 0.600. The van der Waals surface area contributed by atoms with Gasteiger partial charge in [-0.05, 0) is 13.3 Å². The van der Waals surface area contributed by atoms with E-state index in [1.54, 1.807) is 6.07 Å². The first kappa shape index (κ1) is 11.7. The van der Waals surface area contributed by atoms with Crippen molar-refractivity contribution >= 4 is 5.82 Å². The Morgan fingerprint density at radius 3 is 3.00 bits per heavy atom. The van der Waals surface area contributed by atoms with E-state index < -0.39 is 0 Å². The Labute approximate surface area is 90.1 Å². The Morgan fingerprint density at radius 1 is 1.53 bits per heavy atom. The Bertz CT molecular complexity index is 293. The van der Waals surface area contributed by atoms with Crippen molar-refractivity contribution in [1.29, 1.82) is 0 Å².